The van der Waals surface area contributed by atoms with Crippen molar-refractivity contribution in [3.05, 3.63) is 41.7 Å². The molecular weight excluding hydrogens is 327 g/mol. The Labute approximate surface area is 146 Å². The molecule has 3 N–H and O–H groups in total. The van der Waals surface area contributed by atoms with E-state index in [4.69, 9.17) is 5.11 Å². The molecule has 0 aliphatic carbocycles. The predicted molar refractivity (Wildman–Crippen MR) is 92.1 cm³/mol. The highest BCUT2D eigenvalue weighted by molar-refractivity contribution is 5.88. The molecule has 6 nitrogen and oxygen atoms in total. The Morgan fingerprint density at radius 1 is 1.16 bits per heavy atom. The van der Waals surface area contributed by atoms with Gasteiger partial charge < -0.3 is 15.7 Å². The highest BCUT2D eigenvalue weighted by Gasteiger charge is 2.20. The van der Waals surface area contributed by atoms with E-state index in [-0.39, 0.29) is 30.6 Å². The van der Waals surface area contributed by atoms with Crippen LogP contribution in [0, 0.1) is 11.7 Å². The van der Waals surface area contributed by atoms with Crippen molar-refractivity contribution in [2.45, 2.75) is 32.7 Å². The average molecular weight is 350 g/mol. The lowest BCUT2D eigenvalue weighted by molar-refractivity contribution is -0.142. The van der Waals surface area contributed by atoms with Crippen molar-refractivity contribution in [3.8, 4) is 0 Å². The second kappa shape index (κ2) is 10.2. The highest BCUT2D eigenvalue weighted by Crippen LogP contribution is 2.06. The first kappa shape index (κ1) is 20.3. The zero-order valence-electron chi connectivity index (χ0n) is 14.3. The molecule has 0 spiro atoms. The maximum absolute atomic E-state index is 12.8. The van der Waals surface area contributed by atoms with Gasteiger partial charge in [0.05, 0.1) is 6.54 Å². The van der Waals surface area contributed by atoms with Gasteiger partial charge in [0.25, 0.3) is 0 Å². The number of carbonyl (C=O) groups is 3. The number of carbonyl (C=O) groups excluding carboxylic acids is 2. The molecule has 0 aromatic heterocycles. The van der Waals surface area contributed by atoms with Gasteiger partial charge in [0, 0.05) is 6.42 Å². The van der Waals surface area contributed by atoms with E-state index < -0.39 is 17.9 Å². The van der Waals surface area contributed by atoms with Crippen LogP contribution in [0.3, 0.4) is 0 Å². The molecule has 1 aromatic rings. The minimum Gasteiger partial charge on any atom is -0.480 e. The van der Waals surface area contributed by atoms with E-state index in [0.717, 1.165) is 5.56 Å². The van der Waals surface area contributed by atoms with Crippen molar-refractivity contribution in [1.82, 2.24) is 10.6 Å². The Bertz CT molecular complexity index is 626. The minimum atomic E-state index is -1.10. The molecular formula is C18H23FN2O4. The molecule has 0 aliphatic rings. The number of hydrogen-bond donors (Lipinski definition) is 3. The Kier molecular flexibility index (Phi) is 8.32. The summed E-state index contributed by atoms with van der Waals surface area (Å²) < 4.78 is 12.8. The summed E-state index contributed by atoms with van der Waals surface area (Å²) in [5.41, 5.74) is 0.755. The number of nitrogens with one attached hydrogen (secondary N) is 2. The van der Waals surface area contributed by atoms with Crippen molar-refractivity contribution >= 4 is 23.9 Å². The highest BCUT2D eigenvalue weighted by atomic mass is 19.1. The Morgan fingerprint density at radius 3 is 2.36 bits per heavy atom. The molecule has 0 saturated carbocycles. The topological polar surface area (TPSA) is 95.5 Å². The van der Waals surface area contributed by atoms with Crippen LogP contribution in [0.25, 0.3) is 6.08 Å². The lowest BCUT2D eigenvalue weighted by Gasteiger charge is -2.16. The number of rotatable bonds is 9. The lowest BCUT2D eigenvalue weighted by atomic mass is 10.0. The van der Waals surface area contributed by atoms with Crippen molar-refractivity contribution in [1.29, 1.82) is 0 Å². The van der Waals surface area contributed by atoms with E-state index in [0.29, 0.717) is 6.42 Å². The molecule has 0 unspecified atom stereocenters. The zero-order chi connectivity index (χ0) is 18.8. The normalized spacial score (nSPS) is 12.2. The van der Waals surface area contributed by atoms with Crippen molar-refractivity contribution in [2.75, 3.05) is 6.54 Å². The van der Waals surface area contributed by atoms with Crippen LogP contribution in [-0.4, -0.2) is 35.5 Å². The fraction of sp³-hybridized carbons (Fsp3) is 0.389. The third kappa shape index (κ3) is 8.64. The van der Waals surface area contributed by atoms with Crippen LogP contribution in [0.1, 0.15) is 32.3 Å². The van der Waals surface area contributed by atoms with Crippen LogP contribution < -0.4 is 10.6 Å². The average Bonchev–Trinajstić information content (AvgIpc) is 2.53. The number of halogens is 1. The summed E-state index contributed by atoms with van der Waals surface area (Å²) in [4.78, 5) is 34.5. The maximum atomic E-state index is 12.8. The molecule has 0 radical (unpaired) electrons. The molecule has 0 saturated heterocycles. The smallest absolute Gasteiger partial charge is 0.326 e. The SMILES string of the molecule is CC(C)C[C@H](NC(=O)CNC(=O)C/C=C/c1ccc(F)cc1)C(=O)O. The van der Waals surface area contributed by atoms with E-state index in [9.17, 15) is 18.8 Å². The van der Waals surface area contributed by atoms with Gasteiger partial charge in [-0.05, 0) is 30.0 Å². The molecule has 0 fully saturated rings. The number of amides is 2. The number of carboxylic acids is 1. The van der Waals surface area contributed by atoms with Gasteiger partial charge in [-0.2, -0.15) is 0 Å². The van der Waals surface area contributed by atoms with Crippen LogP contribution in [0.15, 0.2) is 30.3 Å². The van der Waals surface area contributed by atoms with E-state index in [1.54, 1.807) is 24.3 Å². The van der Waals surface area contributed by atoms with E-state index in [1.165, 1.54) is 12.1 Å². The summed E-state index contributed by atoms with van der Waals surface area (Å²) in [6.07, 6.45) is 3.63. The van der Waals surface area contributed by atoms with Crippen molar-refractivity contribution in [2.24, 2.45) is 5.92 Å². The molecule has 0 aliphatic heterocycles. The largest absolute Gasteiger partial charge is 0.480 e. The number of aliphatic carboxylic acids is 1. The molecule has 2 amide bonds. The van der Waals surface area contributed by atoms with Gasteiger partial charge in [-0.25, -0.2) is 9.18 Å². The Hall–Kier alpha value is -2.70. The molecule has 7 heteroatoms. The van der Waals surface area contributed by atoms with Gasteiger partial charge >= 0.3 is 5.97 Å². The van der Waals surface area contributed by atoms with Crippen LogP contribution in [0.2, 0.25) is 0 Å². The number of benzene rings is 1. The fourth-order valence-electron chi connectivity index (χ4n) is 2.07. The maximum Gasteiger partial charge on any atom is 0.326 e. The second-order valence-electron chi connectivity index (χ2n) is 6.02. The standard InChI is InChI=1S/C18H23FN2O4/c1-12(2)10-15(18(24)25)21-17(23)11-20-16(22)5-3-4-13-6-8-14(19)9-7-13/h3-4,6-9,12,15H,5,10-11H2,1-2H3,(H,20,22)(H,21,23)(H,24,25)/b4-3+/t15-/m0/s1. The third-order valence-corrected chi connectivity index (χ3v) is 3.27. The molecule has 1 atom stereocenters. The summed E-state index contributed by atoms with van der Waals surface area (Å²) in [5.74, 6) is -2.24. The molecule has 0 bridgehead atoms. The number of carboxylic acid groups (broad SMARTS) is 1. The summed E-state index contributed by atoms with van der Waals surface area (Å²) in [6, 6.07) is 4.83. The van der Waals surface area contributed by atoms with Crippen LogP contribution >= 0.6 is 0 Å². The van der Waals surface area contributed by atoms with Gasteiger partial charge in [0.2, 0.25) is 11.8 Å². The van der Waals surface area contributed by atoms with E-state index in [2.05, 4.69) is 10.6 Å². The molecule has 1 rings (SSSR count). The first-order valence-corrected chi connectivity index (χ1v) is 7.99. The van der Waals surface area contributed by atoms with Crippen LogP contribution in [0.4, 0.5) is 4.39 Å². The summed E-state index contributed by atoms with van der Waals surface area (Å²) in [7, 11) is 0. The van der Waals surface area contributed by atoms with Gasteiger partial charge in [-0.3, -0.25) is 9.59 Å². The zero-order valence-corrected chi connectivity index (χ0v) is 14.3. The monoisotopic (exact) mass is 350 g/mol. The minimum absolute atomic E-state index is 0.0546. The summed E-state index contributed by atoms with van der Waals surface area (Å²) in [5, 5.41) is 13.9. The molecule has 136 valence electrons. The van der Waals surface area contributed by atoms with Crippen LogP contribution in [-0.2, 0) is 14.4 Å². The van der Waals surface area contributed by atoms with Gasteiger partial charge in [-0.15, -0.1) is 0 Å². The molecule has 25 heavy (non-hydrogen) atoms. The summed E-state index contributed by atoms with van der Waals surface area (Å²) >= 11 is 0. The third-order valence-electron chi connectivity index (χ3n) is 3.27. The van der Waals surface area contributed by atoms with Crippen molar-refractivity contribution in [3.63, 3.8) is 0 Å². The second-order valence-corrected chi connectivity index (χ2v) is 6.02. The van der Waals surface area contributed by atoms with Gasteiger partial charge in [-0.1, -0.05) is 38.1 Å². The molecule has 0 heterocycles. The predicted octanol–water partition coefficient (Wildman–Crippen LogP) is 1.96. The van der Waals surface area contributed by atoms with Gasteiger partial charge in [0.15, 0.2) is 0 Å². The van der Waals surface area contributed by atoms with E-state index in [1.807, 2.05) is 13.8 Å². The Morgan fingerprint density at radius 2 is 1.80 bits per heavy atom. The first-order chi connectivity index (χ1) is 11.8. The number of hydrogen-bond acceptors (Lipinski definition) is 3. The van der Waals surface area contributed by atoms with Crippen molar-refractivity contribution < 1.29 is 23.9 Å². The molecule has 1 aromatic carbocycles. The van der Waals surface area contributed by atoms with Crippen LogP contribution in [0.5, 0.6) is 0 Å². The van der Waals surface area contributed by atoms with E-state index >= 15 is 0 Å². The Balaban J connectivity index is 2.36. The first-order valence-electron chi connectivity index (χ1n) is 7.99. The van der Waals surface area contributed by atoms with Gasteiger partial charge in [0.1, 0.15) is 11.9 Å². The quantitative estimate of drug-likeness (QED) is 0.634. The fourth-order valence-corrected chi connectivity index (χ4v) is 2.07. The summed E-state index contributed by atoms with van der Waals surface area (Å²) in [6.45, 7) is 3.43. The lowest BCUT2D eigenvalue weighted by Crippen LogP contribution is -2.46.